The van der Waals surface area contributed by atoms with Crippen LogP contribution < -0.4 is 10.2 Å². The first-order chi connectivity index (χ1) is 9.56. The third-order valence-corrected chi connectivity index (χ3v) is 3.09. The second-order valence-corrected chi connectivity index (χ2v) is 4.45. The molecule has 20 heavy (non-hydrogen) atoms. The number of fused-ring (bicyclic) bond motifs is 1. The van der Waals surface area contributed by atoms with Gasteiger partial charge in [-0.15, -0.1) is 0 Å². The molecule has 0 amide bonds. The Morgan fingerprint density at radius 2 is 2.25 bits per heavy atom. The minimum atomic E-state index is -0.445. The Kier molecular flexibility index (Phi) is 4.26. The maximum atomic E-state index is 11.1. The van der Waals surface area contributed by atoms with Crippen LogP contribution in [-0.4, -0.2) is 24.9 Å². The van der Waals surface area contributed by atoms with Crippen molar-refractivity contribution in [1.82, 2.24) is 5.48 Å². The van der Waals surface area contributed by atoms with Crippen molar-refractivity contribution < 1.29 is 23.9 Å². The van der Waals surface area contributed by atoms with E-state index in [0.29, 0.717) is 11.3 Å². The van der Waals surface area contributed by atoms with Gasteiger partial charge in [-0.05, 0) is 32.0 Å². The molecule has 1 aromatic carbocycles. The normalized spacial score (nSPS) is 12.4. The lowest BCUT2D eigenvalue weighted by Gasteiger charge is -2.09. The van der Waals surface area contributed by atoms with E-state index in [1.54, 1.807) is 18.2 Å². The number of esters is 1. The summed E-state index contributed by atoms with van der Waals surface area (Å²) in [6.07, 6.45) is 0. The van der Waals surface area contributed by atoms with Crippen LogP contribution in [0.15, 0.2) is 22.6 Å². The topological polar surface area (TPSA) is 80.9 Å². The minimum Gasteiger partial charge on any atom is -0.482 e. The highest BCUT2D eigenvalue weighted by atomic mass is 16.6. The van der Waals surface area contributed by atoms with E-state index >= 15 is 0 Å². The van der Waals surface area contributed by atoms with Crippen LogP contribution in [0, 0.1) is 6.92 Å². The van der Waals surface area contributed by atoms with Gasteiger partial charge in [-0.3, -0.25) is 0 Å². The number of furan rings is 1. The molecule has 2 N–H and O–H groups in total. The van der Waals surface area contributed by atoms with Gasteiger partial charge in [0.15, 0.2) is 6.61 Å². The highest BCUT2D eigenvalue weighted by molar-refractivity contribution is 5.84. The molecule has 1 unspecified atom stereocenters. The summed E-state index contributed by atoms with van der Waals surface area (Å²) < 4.78 is 15.5. The Morgan fingerprint density at radius 3 is 2.90 bits per heavy atom. The zero-order valence-corrected chi connectivity index (χ0v) is 11.6. The van der Waals surface area contributed by atoms with Crippen LogP contribution in [-0.2, 0) is 9.53 Å². The van der Waals surface area contributed by atoms with Crippen molar-refractivity contribution in [3.05, 3.63) is 29.5 Å². The van der Waals surface area contributed by atoms with Crippen LogP contribution in [0.5, 0.6) is 5.75 Å². The van der Waals surface area contributed by atoms with Crippen molar-refractivity contribution >= 4 is 16.9 Å². The van der Waals surface area contributed by atoms with Gasteiger partial charge in [0.1, 0.15) is 17.1 Å². The first-order valence-electron chi connectivity index (χ1n) is 6.19. The molecule has 0 bridgehead atoms. The standard InChI is InChI=1S/C14H17NO5/c1-8(15-17)14-9(2)20-12-5-4-10(6-11(12)14)19-7-13(16)18-3/h4-6,8,15,17H,7H2,1-3H3. The van der Waals surface area contributed by atoms with Gasteiger partial charge >= 0.3 is 5.97 Å². The number of carbonyl (C=O) groups is 1. The number of benzene rings is 1. The maximum Gasteiger partial charge on any atom is 0.343 e. The fourth-order valence-corrected chi connectivity index (χ4v) is 2.11. The number of methoxy groups -OCH3 is 1. The van der Waals surface area contributed by atoms with Crippen molar-refractivity contribution in [2.45, 2.75) is 19.9 Å². The molecule has 2 aromatic rings. The summed E-state index contributed by atoms with van der Waals surface area (Å²) in [5, 5.41) is 9.92. The predicted octanol–water partition coefficient (Wildman–Crippen LogP) is 2.33. The van der Waals surface area contributed by atoms with E-state index in [0.717, 1.165) is 16.7 Å². The SMILES string of the molecule is COC(=O)COc1ccc2oc(C)c(C(C)NO)c2c1. The number of hydrogen-bond donors (Lipinski definition) is 2. The van der Waals surface area contributed by atoms with Crippen LogP contribution in [0.4, 0.5) is 0 Å². The third kappa shape index (κ3) is 2.76. The number of nitrogens with one attached hydrogen (secondary N) is 1. The monoisotopic (exact) mass is 279 g/mol. The van der Waals surface area contributed by atoms with Crippen molar-refractivity contribution in [3.8, 4) is 5.75 Å². The summed E-state index contributed by atoms with van der Waals surface area (Å²) in [7, 11) is 1.31. The Balaban J connectivity index is 2.34. The molecule has 1 atom stereocenters. The average molecular weight is 279 g/mol. The number of hydroxylamine groups is 1. The Hall–Kier alpha value is -2.05. The quantitative estimate of drug-likeness (QED) is 0.646. The van der Waals surface area contributed by atoms with Crippen molar-refractivity contribution in [2.24, 2.45) is 0 Å². The third-order valence-electron chi connectivity index (χ3n) is 3.09. The van der Waals surface area contributed by atoms with E-state index in [9.17, 15) is 4.79 Å². The molecule has 0 aliphatic heterocycles. The van der Waals surface area contributed by atoms with Crippen molar-refractivity contribution in [2.75, 3.05) is 13.7 Å². The largest absolute Gasteiger partial charge is 0.482 e. The van der Waals surface area contributed by atoms with Gasteiger partial charge in [0.25, 0.3) is 0 Å². The van der Waals surface area contributed by atoms with Crippen LogP contribution in [0.25, 0.3) is 11.0 Å². The van der Waals surface area contributed by atoms with Crippen LogP contribution >= 0.6 is 0 Å². The fourth-order valence-electron chi connectivity index (χ4n) is 2.11. The fraction of sp³-hybridized carbons (Fsp3) is 0.357. The summed E-state index contributed by atoms with van der Waals surface area (Å²) in [6.45, 7) is 3.50. The van der Waals surface area contributed by atoms with E-state index in [-0.39, 0.29) is 12.6 Å². The van der Waals surface area contributed by atoms with E-state index in [2.05, 4.69) is 10.2 Å². The molecule has 1 aromatic heterocycles. The number of ether oxygens (including phenoxy) is 2. The molecule has 1 heterocycles. The molecule has 108 valence electrons. The first kappa shape index (κ1) is 14.4. The summed E-state index contributed by atoms with van der Waals surface area (Å²) >= 11 is 0. The number of rotatable bonds is 5. The molecule has 0 fully saturated rings. The van der Waals surface area contributed by atoms with E-state index < -0.39 is 5.97 Å². The van der Waals surface area contributed by atoms with Gasteiger partial charge < -0.3 is 19.1 Å². The highest BCUT2D eigenvalue weighted by Gasteiger charge is 2.17. The lowest BCUT2D eigenvalue weighted by Crippen LogP contribution is -2.14. The first-order valence-corrected chi connectivity index (χ1v) is 6.19. The number of carbonyl (C=O) groups excluding carboxylic acids is 1. The zero-order chi connectivity index (χ0) is 14.7. The molecule has 0 radical (unpaired) electrons. The molecule has 6 heteroatoms. The van der Waals surface area contributed by atoms with Gasteiger partial charge in [-0.2, -0.15) is 5.48 Å². The Bertz CT molecular complexity index is 619. The highest BCUT2D eigenvalue weighted by Crippen LogP contribution is 2.32. The smallest absolute Gasteiger partial charge is 0.343 e. The molecule has 0 aliphatic rings. The minimum absolute atomic E-state index is 0.151. The van der Waals surface area contributed by atoms with Gasteiger partial charge in [-0.1, -0.05) is 0 Å². The van der Waals surface area contributed by atoms with Crippen LogP contribution in [0.3, 0.4) is 0 Å². The summed E-state index contributed by atoms with van der Waals surface area (Å²) in [5.41, 5.74) is 3.76. The number of aryl methyl sites for hydroxylation is 1. The number of hydrogen-bond acceptors (Lipinski definition) is 6. The molecular formula is C14H17NO5. The average Bonchev–Trinajstić information content (AvgIpc) is 2.79. The molecule has 0 aliphatic carbocycles. The summed E-state index contributed by atoms with van der Waals surface area (Å²) in [5.74, 6) is 0.813. The van der Waals surface area contributed by atoms with Crippen molar-refractivity contribution in [3.63, 3.8) is 0 Å². The second kappa shape index (κ2) is 5.94. The summed E-state index contributed by atoms with van der Waals surface area (Å²) in [4.78, 5) is 11.1. The summed E-state index contributed by atoms with van der Waals surface area (Å²) in [6, 6.07) is 4.99. The maximum absolute atomic E-state index is 11.1. The van der Waals surface area contributed by atoms with E-state index in [4.69, 9.17) is 14.4 Å². The molecule has 2 rings (SSSR count). The van der Waals surface area contributed by atoms with E-state index in [1.165, 1.54) is 7.11 Å². The Morgan fingerprint density at radius 1 is 1.50 bits per heavy atom. The lowest BCUT2D eigenvalue weighted by atomic mass is 10.0. The second-order valence-electron chi connectivity index (χ2n) is 4.45. The Labute approximate surface area is 116 Å². The van der Waals surface area contributed by atoms with Gasteiger partial charge in [0.05, 0.1) is 13.2 Å². The molecule has 0 saturated carbocycles. The zero-order valence-electron chi connectivity index (χ0n) is 11.6. The van der Waals surface area contributed by atoms with Crippen LogP contribution in [0.1, 0.15) is 24.3 Å². The van der Waals surface area contributed by atoms with Gasteiger partial charge in [0, 0.05) is 10.9 Å². The van der Waals surface area contributed by atoms with Gasteiger partial charge in [0.2, 0.25) is 0 Å². The van der Waals surface area contributed by atoms with Crippen LogP contribution in [0.2, 0.25) is 0 Å². The van der Waals surface area contributed by atoms with E-state index in [1.807, 2.05) is 13.8 Å². The van der Waals surface area contributed by atoms with Crippen molar-refractivity contribution in [1.29, 1.82) is 0 Å². The molecule has 0 spiro atoms. The molecule has 6 nitrogen and oxygen atoms in total. The van der Waals surface area contributed by atoms with Gasteiger partial charge in [-0.25, -0.2) is 4.79 Å². The lowest BCUT2D eigenvalue weighted by molar-refractivity contribution is -0.142. The molecule has 0 saturated heterocycles. The molecular weight excluding hydrogens is 262 g/mol. The predicted molar refractivity (Wildman–Crippen MR) is 71.8 cm³/mol.